The van der Waals surface area contributed by atoms with Gasteiger partial charge in [0.05, 0.1) is 18.8 Å². The van der Waals surface area contributed by atoms with E-state index in [-0.39, 0.29) is 0 Å². The third kappa shape index (κ3) is 10.5. The molecule has 0 atom stereocenters. The number of hydrogen-bond donors (Lipinski definition) is 3. The minimum absolute atomic E-state index is 0.710. The van der Waals surface area contributed by atoms with Crippen molar-refractivity contribution in [3.05, 3.63) is 64.5 Å². The summed E-state index contributed by atoms with van der Waals surface area (Å²) >= 11 is 1.82. The van der Waals surface area contributed by atoms with E-state index in [2.05, 4.69) is 43.5 Å². The second kappa shape index (κ2) is 13.0. The number of anilines is 1. The fraction of sp³-hybridized carbons (Fsp3) is 0.333. The zero-order chi connectivity index (χ0) is 27.6. The maximum atomic E-state index is 10.6. The van der Waals surface area contributed by atoms with Gasteiger partial charge in [0.25, 0.3) is 0 Å². The molecular formula is C21H21F6N5O4S. The van der Waals surface area contributed by atoms with E-state index in [1.165, 1.54) is 4.88 Å². The van der Waals surface area contributed by atoms with Crippen LogP contribution in [0.2, 0.25) is 0 Å². The molecule has 3 aromatic rings. The van der Waals surface area contributed by atoms with E-state index in [9.17, 15) is 26.3 Å². The van der Waals surface area contributed by atoms with Crippen molar-refractivity contribution in [1.82, 2.24) is 19.4 Å². The summed E-state index contributed by atoms with van der Waals surface area (Å²) in [6.45, 7) is 4.74. The molecule has 9 nitrogen and oxygen atoms in total. The Balaban J connectivity index is 0.000000286. The minimum atomic E-state index is -5.08. The molecule has 0 bridgehead atoms. The van der Waals surface area contributed by atoms with Crippen LogP contribution in [0.4, 0.5) is 32.2 Å². The van der Waals surface area contributed by atoms with Crippen LogP contribution in [0.5, 0.6) is 0 Å². The number of nitrogens with zero attached hydrogens (tertiary/aromatic N) is 4. The van der Waals surface area contributed by atoms with Gasteiger partial charge in [-0.25, -0.2) is 19.6 Å². The molecule has 1 aliphatic heterocycles. The number of carboxylic acid groups (broad SMARTS) is 2. The lowest BCUT2D eigenvalue weighted by molar-refractivity contribution is -0.193. The van der Waals surface area contributed by atoms with Crippen molar-refractivity contribution in [1.29, 1.82) is 0 Å². The Labute approximate surface area is 210 Å². The molecule has 0 aliphatic carbocycles. The van der Waals surface area contributed by atoms with Crippen molar-refractivity contribution in [3.63, 3.8) is 0 Å². The third-order valence-corrected chi connectivity index (χ3v) is 5.35. The highest BCUT2D eigenvalue weighted by Gasteiger charge is 2.38. The largest absolute Gasteiger partial charge is 0.490 e. The first-order valence-corrected chi connectivity index (χ1v) is 11.2. The van der Waals surface area contributed by atoms with Crippen LogP contribution in [0, 0.1) is 0 Å². The summed E-state index contributed by atoms with van der Waals surface area (Å²) in [6.07, 6.45) is -6.21. The highest BCUT2D eigenvalue weighted by atomic mass is 32.1. The van der Waals surface area contributed by atoms with Crippen molar-refractivity contribution in [3.8, 4) is 0 Å². The second-order valence-corrected chi connectivity index (χ2v) is 8.34. The van der Waals surface area contributed by atoms with E-state index in [0.717, 1.165) is 43.5 Å². The van der Waals surface area contributed by atoms with Crippen molar-refractivity contribution in [2.45, 2.75) is 38.5 Å². The van der Waals surface area contributed by atoms with Gasteiger partial charge in [-0.15, -0.1) is 11.3 Å². The minimum Gasteiger partial charge on any atom is -0.475 e. The molecule has 3 N–H and O–H groups in total. The van der Waals surface area contributed by atoms with Crippen molar-refractivity contribution >= 4 is 29.1 Å². The first-order chi connectivity index (χ1) is 17.3. The van der Waals surface area contributed by atoms with Crippen LogP contribution < -0.4 is 5.32 Å². The lowest BCUT2D eigenvalue weighted by Gasteiger charge is -2.26. The molecule has 0 fully saturated rings. The molecule has 0 aromatic carbocycles. The standard InChI is InChI=1S/C17H19N5S.2C2HF3O2/c1-2-6-18-16(5-1)19-10-14-11-22-8-7-21(13-17(22)20-14)12-15-4-3-9-23-15;2*3-2(4,5)1(6)7/h1-6,9,11H,7-8,10,12-13H2,(H,18,19);2*(H,6,7). The molecule has 0 saturated heterocycles. The number of carboxylic acids is 2. The monoisotopic (exact) mass is 553 g/mol. The van der Waals surface area contributed by atoms with Gasteiger partial charge in [-0.1, -0.05) is 12.1 Å². The summed E-state index contributed by atoms with van der Waals surface area (Å²) < 4.78 is 65.8. The average molecular weight is 553 g/mol. The molecule has 0 unspecified atom stereocenters. The molecule has 0 saturated carbocycles. The second-order valence-electron chi connectivity index (χ2n) is 7.31. The van der Waals surface area contributed by atoms with E-state index in [4.69, 9.17) is 24.8 Å². The van der Waals surface area contributed by atoms with Crippen LogP contribution in [-0.2, 0) is 35.8 Å². The van der Waals surface area contributed by atoms with Gasteiger partial charge in [0.2, 0.25) is 0 Å². The van der Waals surface area contributed by atoms with Gasteiger partial charge in [0.1, 0.15) is 11.6 Å². The molecule has 3 aromatic heterocycles. The van der Waals surface area contributed by atoms with Gasteiger partial charge in [-0.05, 0) is 23.6 Å². The van der Waals surface area contributed by atoms with Crippen LogP contribution >= 0.6 is 11.3 Å². The Morgan fingerprint density at radius 1 is 1.00 bits per heavy atom. The summed E-state index contributed by atoms with van der Waals surface area (Å²) in [7, 11) is 0. The van der Waals surface area contributed by atoms with Gasteiger partial charge in [0, 0.05) is 36.9 Å². The van der Waals surface area contributed by atoms with E-state index in [0.29, 0.717) is 6.54 Å². The predicted molar refractivity (Wildman–Crippen MR) is 120 cm³/mol. The Kier molecular flexibility index (Phi) is 10.4. The summed E-state index contributed by atoms with van der Waals surface area (Å²) in [4.78, 5) is 30.7. The number of aliphatic carboxylic acids is 2. The number of carbonyl (C=O) groups is 2. The molecule has 0 amide bonds. The Morgan fingerprint density at radius 3 is 2.16 bits per heavy atom. The van der Waals surface area contributed by atoms with E-state index >= 15 is 0 Å². The number of halogens is 6. The zero-order valence-electron chi connectivity index (χ0n) is 18.8. The lowest BCUT2D eigenvalue weighted by Crippen LogP contribution is -2.32. The molecule has 0 radical (unpaired) electrons. The summed E-state index contributed by atoms with van der Waals surface area (Å²) in [5, 5.41) is 19.7. The number of aromatic nitrogens is 3. The van der Waals surface area contributed by atoms with E-state index < -0.39 is 24.3 Å². The SMILES string of the molecule is O=C(O)C(F)(F)F.O=C(O)C(F)(F)F.c1ccc(NCc2cn3c(n2)CN(Cc2cccs2)CC3)nc1. The predicted octanol–water partition coefficient (Wildman–Crippen LogP) is 4.23. The van der Waals surface area contributed by atoms with Crippen LogP contribution in [0.1, 0.15) is 16.4 Å². The van der Waals surface area contributed by atoms with Crippen LogP contribution in [0.25, 0.3) is 0 Å². The van der Waals surface area contributed by atoms with E-state index in [1.807, 2.05) is 29.5 Å². The highest BCUT2D eigenvalue weighted by molar-refractivity contribution is 7.09. The average Bonchev–Trinajstić information content (AvgIpc) is 3.47. The Bertz CT molecular complexity index is 1110. The molecule has 1 aliphatic rings. The van der Waals surface area contributed by atoms with Crippen molar-refractivity contribution in [2.24, 2.45) is 0 Å². The van der Waals surface area contributed by atoms with Gasteiger partial charge in [-0.2, -0.15) is 26.3 Å². The summed E-state index contributed by atoms with van der Waals surface area (Å²) in [6, 6.07) is 10.2. The number of imidazole rings is 1. The topological polar surface area (TPSA) is 121 Å². The molecule has 16 heteroatoms. The number of fused-ring (bicyclic) bond motifs is 1. The first-order valence-electron chi connectivity index (χ1n) is 10.3. The zero-order valence-corrected chi connectivity index (χ0v) is 19.6. The lowest BCUT2D eigenvalue weighted by atomic mass is 10.3. The van der Waals surface area contributed by atoms with Gasteiger partial charge in [0.15, 0.2) is 0 Å². The molecule has 37 heavy (non-hydrogen) atoms. The van der Waals surface area contributed by atoms with Gasteiger partial charge < -0.3 is 20.1 Å². The number of rotatable bonds is 5. The first kappa shape index (κ1) is 29.6. The quantitative estimate of drug-likeness (QED) is 0.402. The highest BCUT2D eigenvalue weighted by Crippen LogP contribution is 2.18. The molecule has 202 valence electrons. The Morgan fingerprint density at radius 2 is 1.65 bits per heavy atom. The molecule has 4 heterocycles. The van der Waals surface area contributed by atoms with Gasteiger partial charge >= 0.3 is 24.3 Å². The van der Waals surface area contributed by atoms with Crippen LogP contribution in [-0.4, -0.2) is 60.5 Å². The van der Waals surface area contributed by atoms with Crippen molar-refractivity contribution in [2.75, 3.05) is 11.9 Å². The van der Waals surface area contributed by atoms with Gasteiger partial charge in [-0.3, -0.25) is 4.90 Å². The van der Waals surface area contributed by atoms with Crippen LogP contribution in [0.3, 0.4) is 0 Å². The maximum absolute atomic E-state index is 10.6. The number of hydrogen-bond acceptors (Lipinski definition) is 7. The molecular weight excluding hydrogens is 532 g/mol. The van der Waals surface area contributed by atoms with Crippen LogP contribution in [0.15, 0.2) is 48.1 Å². The fourth-order valence-electron chi connectivity index (χ4n) is 2.85. The third-order valence-electron chi connectivity index (χ3n) is 4.49. The summed E-state index contributed by atoms with van der Waals surface area (Å²) in [5.74, 6) is -3.47. The van der Waals surface area contributed by atoms with E-state index in [1.54, 1.807) is 6.20 Å². The molecule has 4 rings (SSSR count). The van der Waals surface area contributed by atoms with Crippen molar-refractivity contribution < 1.29 is 46.1 Å². The fourth-order valence-corrected chi connectivity index (χ4v) is 3.60. The number of alkyl halides is 6. The number of pyridine rings is 1. The number of nitrogens with one attached hydrogen (secondary N) is 1. The molecule has 0 spiro atoms. The maximum Gasteiger partial charge on any atom is 0.490 e. The summed E-state index contributed by atoms with van der Waals surface area (Å²) in [5.41, 5.74) is 1.07. The normalized spacial score (nSPS) is 13.4. The Hall–Kier alpha value is -3.66. The smallest absolute Gasteiger partial charge is 0.475 e. The number of thiophene rings is 1.